The van der Waals surface area contributed by atoms with Gasteiger partial charge in [-0.15, -0.1) is 0 Å². The summed E-state index contributed by atoms with van der Waals surface area (Å²) < 4.78 is 0. The SMILES string of the molecule is C[C@H](NC(=O)[C@@H](CCc1ccccc1)NC1CCCCC1)C(=O)NCc1ccc(C(=N)N)cc1. The molecule has 0 bridgehead atoms. The Balaban J connectivity index is 1.53. The number of carbonyl (C=O) groups excluding carboxylic acids is 2. The van der Waals surface area contributed by atoms with Gasteiger partial charge in [0.25, 0.3) is 0 Å². The largest absolute Gasteiger partial charge is 0.384 e. The molecule has 0 spiro atoms. The molecule has 7 nitrogen and oxygen atoms in total. The first kappa shape index (κ1) is 25.4. The highest BCUT2D eigenvalue weighted by Crippen LogP contribution is 2.19. The Bertz CT molecular complexity index is 939. The van der Waals surface area contributed by atoms with Crippen molar-refractivity contribution in [3.63, 3.8) is 0 Å². The molecule has 6 N–H and O–H groups in total. The summed E-state index contributed by atoms with van der Waals surface area (Å²) in [6.07, 6.45) is 7.31. The zero-order valence-corrected chi connectivity index (χ0v) is 20.0. The maximum absolute atomic E-state index is 13.1. The third-order valence-corrected chi connectivity index (χ3v) is 6.41. The third-order valence-electron chi connectivity index (χ3n) is 6.41. The Morgan fingerprint density at radius 2 is 1.65 bits per heavy atom. The Kier molecular flexibility index (Phi) is 9.64. The van der Waals surface area contributed by atoms with Crippen LogP contribution in [0.2, 0.25) is 0 Å². The Hall–Kier alpha value is -3.19. The minimum absolute atomic E-state index is 0.00979. The summed E-state index contributed by atoms with van der Waals surface area (Å²) >= 11 is 0. The van der Waals surface area contributed by atoms with E-state index in [0.29, 0.717) is 24.6 Å². The lowest BCUT2D eigenvalue weighted by molar-refractivity contribution is -0.130. The molecule has 0 saturated heterocycles. The molecular weight excluding hydrogens is 426 g/mol. The summed E-state index contributed by atoms with van der Waals surface area (Å²) in [5, 5.41) is 16.8. The van der Waals surface area contributed by atoms with E-state index in [1.807, 2.05) is 30.3 Å². The van der Waals surface area contributed by atoms with E-state index in [1.54, 1.807) is 19.1 Å². The van der Waals surface area contributed by atoms with Crippen LogP contribution in [0.3, 0.4) is 0 Å². The predicted octanol–water partition coefficient (Wildman–Crippen LogP) is 3.02. The van der Waals surface area contributed by atoms with Gasteiger partial charge in [0.1, 0.15) is 11.9 Å². The number of amidine groups is 1. The molecule has 0 aromatic heterocycles. The first-order valence-corrected chi connectivity index (χ1v) is 12.2. The highest BCUT2D eigenvalue weighted by molar-refractivity contribution is 5.95. The number of nitrogens with one attached hydrogen (secondary N) is 4. The van der Waals surface area contributed by atoms with E-state index < -0.39 is 6.04 Å². The lowest BCUT2D eigenvalue weighted by Gasteiger charge is -2.29. The molecule has 2 atom stereocenters. The maximum Gasteiger partial charge on any atom is 0.242 e. The minimum atomic E-state index is -0.642. The van der Waals surface area contributed by atoms with Gasteiger partial charge < -0.3 is 21.7 Å². The van der Waals surface area contributed by atoms with Gasteiger partial charge in [0.2, 0.25) is 11.8 Å². The highest BCUT2D eigenvalue weighted by Gasteiger charge is 2.26. The lowest BCUT2D eigenvalue weighted by Crippen LogP contribution is -2.53. The summed E-state index contributed by atoms with van der Waals surface area (Å²) in [6.45, 7) is 2.05. The molecular formula is C27H37N5O2. The summed E-state index contributed by atoms with van der Waals surface area (Å²) in [5.74, 6) is -0.353. The number of rotatable bonds is 11. The molecule has 0 heterocycles. The summed E-state index contributed by atoms with van der Waals surface area (Å²) in [7, 11) is 0. The molecule has 2 aromatic carbocycles. The molecule has 1 fully saturated rings. The topological polar surface area (TPSA) is 120 Å². The van der Waals surface area contributed by atoms with Crippen LogP contribution in [0.25, 0.3) is 0 Å². The first-order valence-electron chi connectivity index (χ1n) is 12.2. The first-order chi connectivity index (χ1) is 16.4. The van der Waals surface area contributed by atoms with Gasteiger partial charge >= 0.3 is 0 Å². The number of hydrogen-bond donors (Lipinski definition) is 5. The number of hydrogen-bond acceptors (Lipinski definition) is 4. The molecule has 2 aromatic rings. The molecule has 0 aliphatic heterocycles. The van der Waals surface area contributed by atoms with Crippen LogP contribution in [0.4, 0.5) is 0 Å². The summed E-state index contributed by atoms with van der Waals surface area (Å²) in [5.41, 5.74) is 8.22. The van der Waals surface area contributed by atoms with Crippen molar-refractivity contribution >= 4 is 17.6 Å². The van der Waals surface area contributed by atoms with Crippen molar-refractivity contribution in [2.24, 2.45) is 5.73 Å². The maximum atomic E-state index is 13.1. The zero-order chi connectivity index (χ0) is 24.3. The van der Waals surface area contributed by atoms with Gasteiger partial charge in [0.15, 0.2) is 0 Å². The van der Waals surface area contributed by atoms with E-state index in [4.69, 9.17) is 11.1 Å². The van der Waals surface area contributed by atoms with Crippen molar-refractivity contribution in [3.05, 3.63) is 71.3 Å². The smallest absolute Gasteiger partial charge is 0.242 e. The molecule has 3 rings (SSSR count). The van der Waals surface area contributed by atoms with Crippen LogP contribution in [-0.2, 0) is 22.6 Å². The fourth-order valence-electron chi connectivity index (χ4n) is 4.32. The van der Waals surface area contributed by atoms with Crippen molar-refractivity contribution in [1.82, 2.24) is 16.0 Å². The lowest BCUT2D eigenvalue weighted by atomic mass is 9.94. The van der Waals surface area contributed by atoms with E-state index in [9.17, 15) is 9.59 Å². The highest BCUT2D eigenvalue weighted by atomic mass is 16.2. The van der Waals surface area contributed by atoms with Crippen LogP contribution in [0.1, 0.15) is 62.1 Å². The van der Waals surface area contributed by atoms with E-state index in [0.717, 1.165) is 24.8 Å². The molecule has 1 aliphatic carbocycles. The zero-order valence-electron chi connectivity index (χ0n) is 20.0. The van der Waals surface area contributed by atoms with Crippen LogP contribution in [-0.4, -0.2) is 35.8 Å². The molecule has 2 amide bonds. The molecule has 0 unspecified atom stereocenters. The Morgan fingerprint density at radius 3 is 2.29 bits per heavy atom. The van der Waals surface area contributed by atoms with Crippen LogP contribution in [0.5, 0.6) is 0 Å². The molecule has 1 aliphatic rings. The monoisotopic (exact) mass is 463 g/mol. The van der Waals surface area contributed by atoms with Crippen molar-refractivity contribution < 1.29 is 9.59 Å². The van der Waals surface area contributed by atoms with Crippen LogP contribution >= 0.6 is 0 Å². The average molecular weight is 464 g/mol. The normalized spacial score (nSPS) is 15.8. The number of benzene rings is 2. The van der Waals surface area contributed by atoms with Gasteiger partial charge in [0.05, 0.1) is 6.04 Å². The number of nitrogens with two attached hydrogens (primary N) is 1. The molecule has 0 radical (unpaired) electrons. The van der Waals surface area contributed by atoms with Gasteiger partial charge in [-0.2, -0.15) is 0 Å². The number of amides is 2. The second kappa shape index (κ2) is 12.9. The molecule has 182 valence electrons. The van der Waals surface area contributed by atoms with Gasteiger partial charge in [-0.05, 0) is 43.7 Å². The second-order valence-corrected chi connectivity index (χ2v) is 9.14. The number of carbonyl (C=O) groups is 2. The van der Waals surface area contributed by atoms with Crippen molar-refractivity contribution in [3.8, 4) is 0 Å². The fraction of sp³-hybridized carbons (Fsp3) is 0.444. The second-order valence-electron chi connectivity index (χ2n) is 9.14. The Morgan fingerprint density at radius 1 is 0.971 bits per heavy atom. The minimum Gasteiger partial charge on any atom is -0.384 e. The summed E-state index contributed by atoms with van der Waals surface area (Å²) in [4.78, 5) is 25.8. The van der Waals surface area contributed by atoms with Gasteiger partial charge in [-0.1, -0.05) is 73.9 Å². The Labute approximate surface area is 202 Å². The number of aryl methyl sites for hydroxylation is 1. The van der Waals surface area contributed by atoms with Crippen molar-refractivity contribution in [2.45, 2.75) is 76.5 Å². The molecule has 7 heteroatoms. The van der Waals surface area contributed by atoms with Crippen molar-refractivity contribution in [2.75, 3.05) is 0 Å². The van der Waals surface area contributed by atoms with E-state index >= 15 is 0 Å². The molecule has 34 heavy (non-hydrogen) atoms. The summed E-state index contributed by atoms with van der Waals surface area (Å²) in [6, 6.07) is 16.7. The average Bonchev–Trinajstić information content (AvgIpc) is 2.86. The van der Waals surface area contributed by atoms with E-state index in [1.165, 1.54) is 24.8 Å². The standard InChI is InChI=1S/C27H37N5O2/c1-19(26(33)30-18-21-12-15-22(16-13-21)25(28)29)31-27(34)24(32-23-10-6-3-7-11-23)17-14-20-8-4-2-5-9-20/h2,4-5,8-9,12-13,15-16,19,23-24,32H,3,6-7,10-11,14,17-18H2,1H3,(H3,28,29)(H,30,33)(H,31,34)/t19-,24+/m0/s1. The number of nitrogen functional groups attached to an aromatic ring is 1. The van der Waals surface area contributed by atoms with Crippen molar-refractivity contribution in [1.29, 1.82) is 5.41 Å². The molecule has 1 saturated carbocycles. The van der Waals surface area contributed by atoms with Gasteiger partial charge in [-0.25, -0.2) is 0 Å². The quantitative estimate of drug-likeness (QED) is 0.260. The van der Waals surface area contributed by atoms with Gasteiger partial charge in [-0.3, -0.25) is 15.0 Å². The van der Waals surface area contributed by atoms with Crippen LogP contribution in [0.15, 0.2) is 54.6 Å². The fourth-order valence-corrected chi connectivity index (χ4v) is 4.32. The van der Waals surface area contributed by atoms with Crippen LogP contribution in [0, 0.1) is 5.41 Å². The van der Waals surface area contributed by atoms with Gasteiger partial charge in [0, 0.05) is 18.2 Å². The van der Waals surface area contributed by atoms with E-state index in [-0.39, 0.29) is 23.7 Å². The third kappa shape index (κ3) is 7.99. The predicted molar refractivity (Wildman–Crippen MR) is 135 cm³/mol. The van der Waals surface area contributed by atoms with Crippen LogP contribution < -0.4 is 21.7 Å². The van der Waals surface area contributed by atoms with E-state index in [2.05, 4.69) is 28.1 Å².